The summed E-state index contributed by atoms with van der Waals surface area (Å²) in [5.74, 6) is 0. The molecule has 0 atom stereocenters. The van der Waals surface area contributed by atoms with Crippen LogP contribution in [0.4, 0.5) is 22.7 Å². The minimum absolute atomic E-state index is 0.0255. The fourth-order valence-corrected chi connectivity index (χ4v) is 1.95. The molecule has 0 aliphatic rings. The van der Waals surface area contributed by atoms with Gasteiger partial charge in [0.25, 0.3) is 5.69 Å². The van der Waals surface area contributed by atoms with Crippen LogP contribution in [0.5, 0.6) is 0 Å². The maximum absolute atomic E-state index is 10.9. The number of anilines is 3. The van der Waals surface area contributed by atoms with E-state index >= 15 is 0 Å². The summed E-state index contributed by atoms with van der Waals surface area (Å²) >= 11 is 6.06. The lowest BCUT2D eigenvalue weighted by atomic mass is 10.2. The molecule has 0 spiro atoms. The Balaban J connectivity index is 2.34. The molecule has 0 amide bonds. The summed E-state index contributed by atoms with van der Waals surface area (Å²) in [5.41, 5.74) is 3.08. The lowest BCUT2D eigenvalue weighted by Gasteiger charge is -2.10. The van der Waals surface area contributed by atoms with E-state index < -0.39 is 4.92 Å². The van der Waals surface area contributed by atoms with Gasteiger partial charge in [-0.3, -0.25) is 10.1 Å². The van der Waals surface area contributed by atoms with E-state index in [9.17, 15) is 10.1 Å². The number of nitrogens with one attached hydrogen (secondary N) is 2. The first-order valence-corrected chi connectivity index (χ1v) is 6.38. The third-order valence-electron chi connectivity index (χ3n) is 2.88. The van der Waals surface area contributed by atoms with Crippen LogP contribution in [-0.4, -0.2) is 12.0 Å². The highest BCUT2D eigenvalue weighted by Gasteiger charge is 2.09. The summed E-state index contributed by atoms with van der Waals surface area (Å²) in [5, 5.41) is 17.6. The van der Waals surface area contributed by atoms with E-state index in [1.54, 1.807) is 19.2 Å². The standard InChI is InChI=1S/C14H14ClN3O2/c1-9-3-4-10(8-14(9)15)17-12-5-11(16-2)6-13(7-12)18(19)20/h3-8,16-17H,1-2H3. The molecule has 0 unspecified atom stereocenters. The van der Waals surface area contributed by atoms with E-state index in [1.807, 2.05) is 19.1 Å². The molecule has 2 aromatic rings. The van der Waals surface area contributed by atoms with Gasteiger partial charge in [0.2, 0.25) is 0 Å². The van der Waals surface area contributed by atoms with Crippen molar-refractivity contribution in [2.24, 2.45) is 0 Å². The molecule has 20 heavy (non-hydrogen) atoms. The molecule has 5 nitrogen and oxygen atoms in total. The molecule has 0 saturated carbocycles. The zero-order valence-corrected chi connectivity index (χ0v) is 11.9. The maximum atomic E-state index is 10.9. The minimum Gasteiger partial charge on any atom is -0.388 e. The number of nitrogens with zero attached hydrogens (tertiary/aromatic N) is 1. The Hall–Kier alpha value is -2.27. The fraction of sp³-hybridized carbons (Fsp3) is 0.143. The Labute approximate surface area is 121 Å². The van der Waals surface area contributed by atoms with Gasteiger partial charge in [-0.05, 0) is 30.7 Å². The number of nitro benzene ring substituents is 1. The molecule has 6 heteroatoms. The molecule has 0 radical (unpaired) electrons. The predicted octanol–water partition coefficient (Wildman–Crippen LogP) is 4.34. The van der Waals surface area contributed by atoms with Crippen molar-refractivity contribution in [3.8, 4) is 0 Å². The molecule has 0 saturated heterocycles. The second-order valence-corrected chi connectivity index (χ2v) is 4.77. The zero-order chi connectivity index (χ0) is 14.7. The van der Waals surface area contributed by atoms with Crippen LogP contribution in [0.15, 0.2) is 36.4 Å². The molecule has 2 aromatic carbocycles. The molecule has 0 heterocycles. The van der Waals surface area contributed by atoms with Crippen LogP contribution < -0.4 is 10.6 Å². The summed E-state index contributed by atoms with van der Waals surface area (Å²) in [7, 11) is 1.71. The molecule has 2 rings (SSSR count). The SMILES string of the molecule is CNc1cc(Nc2ccc(C)c(Cl)c2)cc([N+](=O)[O-])c1. The number of hydrogen-bond acceptors (Lipinski definition) is 4. The van der Waals surface area contributed by atoms with Crippen LogP contribution in [0.25, 0.3) is 0 Å². The number of rotatable bonds is 4. The first-order chi connectivity index (χ1) is 9.49. The zero-order valence-electron chi connectivity index (χ0n) is 11.1. The number of nitro groups is 1. The second-order valence-electron chi connectivity index (χ2n) is 4.36. The van der Waals surface area contributed by atoms with Gasteiger partial charge in [0.1, 0.15) is 0 Å². The van der Waals surface area contributed by atoms with E-state index in [0.29, 0.717) is 16.4 Å². The molecule has 0 aliphatic heterocycles. The van der Waals surface area contributed by atoms with E-state index in [2.05, 4.69) is 10.6 Å². The molecule has 2 N–H and O–H groups in total. The van der Waals surface area contributed by atoms with Crippen LogP contribution in [0.2, 0.25) is 5.02 Å². The number of hydrogen-bond donors (Lipinski definition) is 2. The third kappa shape index (κ3) is 3.19. The van der Waals surface area contributed by atoms with Crippen molar-refractivity contribution in [2.45, 2.75) is 6.92 Å². The normalized spacial score (nSPS) is 10.2. The van der Waals surface area contributed by atoms with Gasteiger partial charge in [0.15, 0.2) is 0 Å². The molecule has 0 fully saturated rings. The van der Waals surface area contributed by atoms with Crippen LogP contribution in [0, 0.1) is 17.0 Å². The van der Waals surface area contributed by atoms with Crippen molar-refractivity contribution >= 4 is 34.4 Å². The quantitative estimate of drug-likeness (QED) is 0.649. The topological polar surface area (TPSA) is 67.2 Å². The van der Waals surface area contributed by atoms with Crippen LogP contribution in [-0.2, 0) is 0 Å². The number of benzene rings is 2. The Morgan fingerprint density at radius 1 is 1.10 bits per heavy atom. The van der Waals surface area contributed by atoms with E-state index in [4.69, 9.17) is 11.6 Å². The second kappa shape index (κ2) is 5.79. The van der Waals surface area contributed by atoms with E-state index in [0.717, 1.165) is 11.3 Å². The molecule has 104 valence electrons. The minimum atomic E-state index is -0.422. The first-order valence-electron chi connectivity index (χ1n) is 6.00. The van der Waals surface area contributed by atoms with Crippen LogP contribution in [0.3, 0.4) is 0 Å². The monoisotopic (exact) mass is 291 g/mol. The summed E-state index contributed by atoms with van der Waals surface area (Å²) < 4.78 is 0. The summed E-state index contributed by atoms with van der Waals surface area (Å²) in [6.07, 6.45) is 0. The Morgan fingerprint density at radius 3 is 2.40 bits per heavy atom. The van der Waals surface area contributed by atoms with Gasteiger partial charge in [-0.15, -0.1) is 0 Å². The summed E-state index contributed by atoms with van der Waals surface area (Å²) in [4.78, 5) is 10.5. The fourth-order valence-electron chi connectivity index (χ4n) is 1.77. The smallest absolute Gasteiger partial charge is 0.273 e. The summed E-state index contributed by atoms with van der Waals surface area (Å²) in [6.45, 7) is 1.92. The Morgan fingerprint density at radius 2 is 1.80 bits per heavy atom. The van der Waals surface area contributed by atoms with Gasteiger partial charge in [0, 0.05) is 41.3 Å². The van der Waals surface area contributed by atoms with Gasteiger partial charge in [0.05, 0.1) is 4.92 Å². The highest BCUT2D eigenvalue weighted by molar-refractivity contribution is 6.31. The van der Waals surface area contributed by atoms with Crippen molar-refractivity contribution in [3.05, 3.63) is 57.1 Å². The third-order valence-corrected chi connectivity index (χ3v) is 3.28. The maximum Gasteiger partial charge on any atom is 0.273 e. The Bertz CT molecular complexity index is 659. The average molecular weight is 292 g/mol. The van der Waals surface area contributed by atoms with Gasteiger partial charge < -0.3 is 10.6 Å². The van der Waals surface area contributed by atoms with Crippen LogP contribution >= 0.6 is 11.6 Å². The number of aryl methyl sites for hydroxylation is 1. The van der Waals surface area contributed by atoms with Crippen molar-refractivity contribution < 1.29 is 4.92 Å². The van der Waals surface area contributed by atoms with Crippen molar-refractivity contribution in [2.75, 3.05) is 17.7 Å². The number of halogens is 1. The van der Waals surface area contributed by atoms with Gasteiger partial charge >= 0.3 is 0 Å². The van der Waals surface area contributed by atoms with Crippen molar-refractivity contribution in [1.82, 2.24) is 0 Å². The van der Waals surface area contributed by atoms with Crippen molar-refractivity contribution in [1.29, 1.82) is 0 Å². The van der Waals surface area contributed by atoms with Gasteiger partial charge in [-0.2, -0.15) is 0 Å². The lowest BCUT2D eigenvalue weighted by Crippen LogP contribution is -1.97. The Kier molecular flexibility index (Phi) is 4.10. The summed E-state index contributed by atoms with van der Waals surface area (Å²) in [6, 6.07) is 10.3. The molecular formula is C14H14ClN3O2. The molecule has 0 bridgehead atoms. The van der Waals surface area contributed by atoms with E-state index in [-0.39, 0.29) is 5.69 Å². The highest BCUT2D eigenvalue weighted by Crippen LogP contribution is 2.28. The first kappa shape index (κ1) is 14.1. The lowest BCUT2D eigenvalue weighted by molar-refractivity contribution is -0.384. The molecule has 0 aliphatic carbocycles. The van der Waals surface area contributed by atoms with Crippen molar-refractivity contribution in [3.63, 3.8) is 0 Å². The van der Waals surface area contributed by atoms with Crippen LogP contribution in [0.1, 0.15) is 5.56 Å². The number of non-ortho nitro benzene ring substituents is 1. The predicted molar refractivity (Wildman–Crippen MR) is 82.1 cm³/mol. The average Bonchev–Trinajstić information content (AvgIpc) is 2.42. The molecular weight excluding hydrogens is 278 g/mol. The largest absolute Gasteiger partial charge is 0.388 e. The van der Waals surface area contributed by atoms with Gasteiger partial charge in [-0.1, -0.05) is 17.7 Å². The molecule has 0 aromatic heterocycles. The van der Waals surface area contributed by atoms with Gasteiger partial charge in [-0.25, -0.2) is 0 Å². The highest BCUT2D eigenvalue weighted by atomic mass is 35.5. The van der Waals surface area contributed by atoms with E-state index in [1.165, 1.54) is 12.1 Å².